The van der Waals surface area contributed by atoms with Crippen molar-refractivity contribution in [3.05, 3.63) is 39.7 Å². The zero-order chi connectivity index (χ0) is 11.4. The second kappa shape index (κ2) is 5.15. The van der Waals surface area contributed by atoms with Crippen molar-refractivity contribution >= 4 is 28.5 Å². The molecule has 0 fully saturated rings. The summed E-state index contributed by atoms with van der Waals surface area (Å²) in [6.07, 6.45) is 7.01. The number of nitrogens with zero attached hydrogens (tertiary/aromatic N) is 4. The largest absolute Gasteiger partial charge is 0.349 e. The fourth-order valence-corrected chi connectivity index (χ4v) is 1.36. The third kappa shape index (κ3) is 3.09. The van der Waals surface area contributed by atoms with E-state index < -0.39 is 0 Å². The predicted octanol–water partition coefficient (Wildman–Crippen LogP) is 1.79. The van der Waals surface area contributed by atoms with Gasteiger partial charge in [-0.3, -0.25) is 9.97 Å². The van der Waals surface area contributed by atoms with Crippen LogP contribution in [0, 0.1) is 10.5 Å². The molecule has 6 heteroatoms. The highest BCUT2D eigenvalue weighted by molar-refractivity contribution is 14.1. The van der Waals surface area contributed by atoms with Gasteiger partial charge in [0, 0.05) is 22.2 Å². The molecule has 0 aromatic carbocycles. The van der Waals surface area contributed by atoms with Crippen LogP contribution < -0.4 is 5.32 Å². The lowest BCUT2D eigenvalue weighted by Gasteiger charge is -2.03. The molecule has 0 saturated heterocycles. The van der Waals surface area contributed by atoms with Crippen molar-refractivity contribution in [3.8, 4) is 0 Å². The number of aryl methyl sites for hydroxylation is 1. The van der Waals surface area contributed by atoms with Crippen LogP contribution >= 0.6 is 22.6 Å². The van der Waals surface area contributed by atoms with Crippen molar-refractivity contribution < 1.29 is 0 Å². The van der Waals surface area contributed by atoms with E-state index in [1.54, 1.807) is 24.8 Å². The van der Waals surface area contributed by atoms with Crippen molar-refractivity contribution in [2.75, 3.05) is 5.32 Å². The summed E-state index contributed by atoms with van der Waals surface area (Å²) in [5.41, 5.74) is 1.78. The highest BCUT2D eigenvalue weighted by atomic mass is 127. The Kier molecular flexibility index (Phi) is 3.60. The highest BCUT2D eigenvalue weighted by Gasteiger charge is 1.97. The molecule has 0 radical (unpaired) electrons. The van der Waals surface area contributed by atoms with Gasteiger partial charge in [-0.2, -0.15) is 0 Å². The molecular formula is C10H10IN5. The zero-order valence-electron chi connectivity index (χ0n) is 8.68. The normalized spacial score (nSPS) is 10.1. The van der Waals surface area contributed by atoms with Gasteiger partial charge in [0.1, 0.15) is 0 Å². The Morgan fingerprint density at radius 2 is 1.81 bits per heavy atom. The van der Waals surface area contributed by atoms with E-state index in [4.69, 9.17) is 0 Å². The molecule has 0 aliphatic carbocycles. The van der Waals surface area contributed by atoms with E-state index in [1.165, 1.54) is 0 Å². The van der Waals surface area contributed by atoms with Gasteiger partial charge in [-0.1, -0.05) is 0 Å². The fourth-order valence-electron chi connectivity index (χ4n) is 1.08. The molecule has 2 heterocycles. The number of hydrogen-bond donors (Lipinski definition) is 1. The third-order valence-electron chi connectivity index (χ3n) is 1.88. The van der Waals surface area contributed by atoms with E-state index in [1.807, 2.05) is 6.92 Å². The Morgan fingerprint density at radius 1 is 1.06 bits per heavy atom. The summed E-state index contributed by atoms with van der Waals surface area (Å²) in [5.74, 6) is 0.600. The van der Waals surface area contributed by atoms with Crippen LogP contribution in [0.3, 0.4) is 0 Å². The predicted molar refractivity (Wildman–Crippen MR) is 68.8 cm³/mol. The molecule has 0 atom stereocenters. The quantitative estimate of drug-likeness (QED) is 0.871. The maximum Gasteiger partial charge on any atom is 0.222 e. The first-order valence-corrected chi connectivity index (χ1v) is 5.81. The van der Waals surface area contributed by atoms with Crippen LogP contribution in [0.15, 0.2) is 24.8 Å². The maximum absolute atomic E-state index is 4.23. The van der Waals surface area contributed by atoms with E-state index in [0.29, 0.717) is 12.5 Å². The summed E-state index contributed by atoms with van der Waals surface area (Å²) >= 11 is 2.16. The van der Waals surface area contributed by atoms with E-state index in [2.05, 4.69) is 47.8 Å². The lowest BCUT2D eigenvalue weighted by molar-refractivity contribution is 0.961. The van der Waals surface area contributed by atoms with Gasteiger partial charge in [0.15, 0.2) is 0 Å². The minimum atomic E-state index is 0.577. The number of hydrogen-bond acceptors (Lipinski definition) is 5. The number of aromatic nitrogens is 4. The lowest BCUT2D eigenvalue weighted by Crippen LogP contribution is -2.05. The summed E-state index contributed by atoms with van der Waals surface area (Å²) in [4.78, 5) is 16.7. The lowest BCUT2D eigenvalue weighted by atomic mass is 10.4. The van der Waals surface area contributed by atoms with Crippen molar-refractivity contribution in [3.63, 3.8) is 0 Å². The Hall–Kier alpha value is -1.31. The molecule has 0 aliphatic heterocycles. The molecule has 16 heavy (non-hydrogen) atoms. The first-order valence-electron chi connectivity index (χ1n) is 4.73. The Labute approximate surface area is 107 Å². The number of rotatable bonds is 3. The second-order valence-corrected chi connectivity index (χ2v) is 4.47. The maximum atomic E-state index is 4.23. The van der Waals surface area contributed by atoms with Crippen LogP contribution in [0.25, 0.3) is 0 Å². The average Bonchev–Trinajstić information content (AvgIpc) is 2.30. The van der Waals surface area contributed by atoms with Crippen LogP contribution in [0.5, 0.6) is 0 Å². The summed E-state index contributed by atoms with van der Waals surface area (Å²) < 4.78 is 1.01. The molecule has 0 unspecified atom stereocenters. The third-order valence-corrected chi connectivity index (χ3v) is 2.44. The summed E-state index contributed by atoms with van der Waals surface area (Å²) in [6.45, 7) is 2.49. The Balaban J connectivity index is 1.97. The van der Waals surface area contributed by atoms with E-state index in [0.717, 1.165) is 15.0 Å². The zero-order valence-corrected chi connectivity index (χ0v) is 10.8. The second-order valence-electron chi connectivity index (χ2n) is 3.23. The van der Waals surface area contributed by atoms with Gasteiger partial charge in [-0.05, 0) is 29.5 Å². The number of nitrogens with one attached hydrogen (secondary N) is 1. The van der Waals surface area contributed by atoms with Crippen LogP contribution in [0.4, 0.5) is 5.95 Å². The van der Waals surface area contributed by atoms with Crippen LogP contribution in [0.1, 0.15) is 11.4 Å². The smallest absolute Gasteiger partial charge is 0.222 e. The molecule has 0 bridgehead atoms. The van der Waals surface area contributed by atoms with Gasteiger partial charge in [-0.25, -0.2) is 9.97 Å². The summed E-state index contributed by atoms with van der Waals surface area (Å²) in [6, 6.07) is 0. The van der Waals surface area contributed by atoms with Gasteiger partial charge >= 0.3 is 0 Å². The fraction of sp³-hybridized carbons (Fsp3) is 0.200. The van der Waals surface area contributed by atoms with Crippen LogP contribution in [-0.4, -0.2) is 19.9 Å². The summed E-state index contributed by atoms with van der Waals surface area (Å²) in [7, 11) is 0. The van der Waals surface area contributed by atoms with E-state index in [9.17, 15) is 0 Å². The topological polar surface area (TPSA) is 63.6 Å². The van der Waals surface area contributed by atoms with E-state index in [-0.39, 0.29) is 0 Å². The molecule has 0 amide bonds. The molecule has 2 aromatic rings. The van der Waals surface area contributed by atoms with Crippen LogP contribution in [0.2, 0.25) is 0 Å². The highest BCUT2D eigenvalue weighted by Crippen LogP contribution is 2.04. The molecule has 1 N–H and O–H groups in total. The number of anilines is 1. The van der Waals surface area contributed by atoms with Gasteiger partial charge in [-0.15, -0.1) is 0 Å². The van der Waals surface area contributed by atoms with E-state index >= 15 is 0 Å². The minimum Gasteiger partial charge on any atom is -0.349 e. The molecule has 0 spiro atoms. The van der Waals surface area contributed by atoms with Gasteiger partial charge in [0.25, 0.3) is 0 Å². The standard InChI is InChI=1S/C10H10IN5/c1-7-2-13-9(5-12-7)6-16-10-14-3-8(11)4-15-10/h2-5H,6H2,1H3,(H,14,15,16). The monoisotopic (exact) mass is 327 g/mol. The average molecular weight is 327 g/mol. The minimum absolute atomic E-state index is 0.577. The summed E-state index contributed by atoms with van der Waals surface area (Å²) in [5, 5.41) is 3.08. The van der Waals surface area contributed by atoms with Crippen LogP contribution in [-0.2, 0) is 6.54 Å². The van der Waals surface area contributed by atoms with Gasteiger partial charge < -0.3 is 5.32 Å². The van der Waals surface area contributed by atoms with Crippen molar-refractivity contribution in [1.82, 2.24) is 19.9 Å². The molecule has 82 valence electrons. The van der Waals surface area contributed by atoms with Gasteiger partial charge in [0.05, 0.1) is 24.1 Å². The number of halogens is 1. The Bertz CT molecular complexity index is 408. The van der Waals surface area contributed by atoms with Crippen molar-refractivity contribution in [2.45, 2.75) is 13.5 Å². The van der Waals surface area contributed by atoms with Crippen molar-refractivity contribution in [1.29, 1.82) is 0 Å². The molecule has 0 aliphatic rings. The van der Waals surface area contributed by atoms with Crippen molar-refractivity contribution in [2.24, 2.45) is 0 Å². The molecule has 5 nitrogen and oxygen atoms in total. The SMILES string of the molecule is Cc1cnc(CNc2ncc(I)cn2)cn1. The molecular weight excluding hydrogens is 317 g/mol. The molecule has 0 saturated carbocycles. The molecule has 2 aromatic heterocycles. The first-order chi connectivity index (χ1) is 7.74. The van der Waals surface area contributed by atoms with Gasteiger partial charge in [0.2, 0.25) is 5.95 Å². The Morgan fingerprint density at radius 3 is 2.44 bits per heavy atom. The molecule has 2 rings (SSSR count). The first kappa shape index (κ1) is 11.2.